The van der Waals surface area contributed by atoms with E-state index in [2.05, 4.69) is 0 Å². The number of ketones is 2. The molecule has 12 unspecified atom stereocenters. The van der Waals surface area contributed by atoms with E-state index in [1.54, 1.807) is 0 Å². The zero-order valence-corrected chi connectivity index (χ0v) is 20.5. The van der Waals surface area contributed by atoms with E-state index in [1.165, 1.54) is 0 Å². The molecule has 0 amide bonds. The number of aldehydes is 2. The molecule has 0 saturated carbocycles. The molecular weight excluding hydrogens is 544 g/mol. The monoisotopic (exact) mass is 582 g/mol. The smallest absolute Gasteiger partial charge is 0.229 e. The Bertz CT molecular complexity index is 660. The first-order valence-electron chi connectivity index (χ1n) is 10.9. The highest BCUT2D eigenvalue weighted by atomic mass is 16.4. The van der Waals surface area contributed by atoms with E-state index >= 15 is 0 Å². The number of aliphatic hydroxyl groups is 15. The van der Waals surface area contributed by atoms with Crippen LogP contribution < -0.4 is 0 Å². The summed E-state index contributed by atoms with van der Waals surface area (Å²) in [5.41, 5.74) is 0. The fourth-order valence-electron chi connectivity index (χ4n) is 2.12. The molecule has 0 aliphatic heterocycles. The van der Waals surface area contributed by atoms with Crippen molar-refractivity contribution < 1.29 is 95.8 Å². The third kappa shape index (κ3) is 15.4. The molecule has 0 aromatic rings. The molecule has 19 heteroatoms. The Kier molecular flexibility index (Phi) is 23.3. The van der Waals surface area contributed by atoms with Crippen LogP contribution in [0.2, 0.25) is 0 Å². The maximum absolute atomic E-state index is 10.9. The van der Waals surface area contributed by atoms with Crippen molar-refractivity contribution in [1.29, 1.82) is 0 Å². The van der Waals surface area contributed by atoms with Gasteiger partial charge in [0.25, 0.3) is 0 Å². The van der Waals surface area contributed by atoms with Crippen molar-refractivity contribution in [2.24, 2.45) is 0 Å². The summed E-state index contributed by atoms with van der Waals surface area (Å²) in [6.07, 6.45) is -21.4. The highest BCUT2D eigenvalue weighted by Gasteiger charge is 2.35. The van der Waals surface area contributed by atoms with Gasteiger partial charge < -0.3 is 86.2 Å². The lowest BCUT2D eigenvalue weighted by molar-refractivity contribution is -0.153. The van der Waals surface area contributed by atoms with Crippen LogP contribution in [0.5, 0.6) is 0 Å². The van der Waals surface area contributed by atoms with Crippen LogP contribution in [0, 0.1) is 0 Å². The van der Waals surface area contributed by atoms with Crippen molar-refractivity contribution in [3.8, 4) is 0 Å². The summed E-state index contributed by atoms with van der Waals surface area (Å²) in [4.78, 5) is 41.2. The second-order valence-corrected chi connectivity index (χ2v) is 7.81. The molecule has 0 saturated heterocycles. The first-order chi connectivity index (χ1) is 17.9. The third-order valence-corrected chi connectivity index (χ3v) is 4.71. The molecule has 39 heavy (non-hydrogen) atoms. The third-order valence-electron chi connectivity index (χ3n) is 4.71. The van der Waals surface area contributed by atoms with E-state index in [4.69, 9.17) is 76.6 Å². The maximum atomic E-state index is 10.9. The molecule has 0 heterocycles. The van der Waals surface area contributed by atoms with Crippen molar-refractivity contribution >= 4 is 24.1 Å². The maximum Gasteiger partial charge on any atom is 0.229 e. The minimum Gasteiger partial charge on any atom is -0.394 e. The Morgan fingerprint density at radius 3 is 0.974 bits per heavy atom. The van der Waals surface area contributed by atoms with E-state index in [-0.39, 0.29) is 12.6 Å². The minimum absolute atomic E-state index is 0.0258. The molecule has 12 atom stereocenters. The molecule has 232 valence electrons. The molecule has 0 rings (SSSR count). The minimum atomic E-state index is -2.11. The van der Waals surface area contributed by atoms with Crippen molar-refractivity contribution in [1.82, 2.24) is 0 Å². The van der Waals surface area contributed by atoms with Crippen LogP contribution in [0.1, 0.15) is 6.92 Å². The quantitative estimate of drug-likeness (QED) is 0.0592. The van der Waals surface area contributed by atoms with Gasteiger partial charge in [0.15, 0.2) is 18.4 Å². The molecule has 0 aliphatic carbocycles. The number of carbonyl (C=O) groups excluding carboxylic acids is 4. The molecule has 0 fully saturated rings. The summed E-state index contributed by atoms with van der Waals surface area (Å²) >= 11 is 0. The summed E-state index contributed by atoms with van der Waals surface area (Å²) in [7, 11) is 0. The van der Waals surface area contributed by atoms with Crippen molar-refractivity contribution in [3.63, 3.8) is 0 Å². The van der Waals surface area contributed by atoms with Gasteiger partial charge in [-0.05, 0) is 0 Å². The van der Waals surface area contributed by atoms with E-state index in [1.807, 2.05) is 0 Å². The van der Waals surface area contributed by atoms with Gasteiger partial charge in [0.05, 0.1) is 19.8 Å². The summed E-state index contributed by atoms with van der Waals surface area (Å²) in [6.45, 7) is -1.47. The van der Waals surface area contributed by atoms with Gasteiger partial charge in [-0.25, -0.2) is 0 Å². The Balaban J connectivity index is -0.000000503. The molecule has 0 spiro atoms. The van der Waals surface area contributed by atoms with Gasteiger partial charge in [-0.3, -0.25) is 9.59 Å². The topological polar surface area (TPSA) is 372 Å². The Hall–Kier alpha value is -1.92. The van der Waals surface area contributed by atoms with E-state index in [0.29, 0.717) is 0 Å². The highest BCUT2D eigenvalue weighted by Crippen LogP contribution is 2.06. The van der Waals surface area contributed by atoms with Crippen LogP contribution >= 0.6 is 0 Å². The fraction of sp³-hybridized carbons (Fsp3) is 0.800. The predicted octanol–water partition coefficient (Wildman–Crippen LogP) is -10.2. The van der Waals surface area contributed by atoms with Crippen molar-refractivity contribution in [2.45, 2.75) is 80.2 Å². The van der Waals surface area contributed by atoms with Gasteiger partial charge in [0, 0.05) is 6.92 Å². The summed E-state index contributed by atoms with van der Waals surface area (Å²) in [6, 6.07) is 0. The summed E-state index contributed by atoms with van der Waals surface area (Å²) in [5.74, 6) is -2.25. The highest BCUT2D eigenvalue weighted by molar-refractivity contribution is 6.38. The first kappa shape index (κ1) is 41.6. The SMILES string of the molecule is CC(=O)C(=O)C(O)C(O)C(O)C(O)CO.O=CC(O)C(O)C(O)C(O)CO.O=CC(O)C(O)C(O)C(O)CO. The predicted molar refractivity (Wildman–Crippen MR) is 121 cm³/mol. The lowest BCUT2D eigenvalue weighted by Gasteiger charge is -2.24. The van der Waals surface area contributed by atoms with E-state index in [9.17, 15) is 19.2 Å². The van der Waals surface area contributed by atoms with E-state index < -0.39 is 105 Å². The standard InChI is InChI=1S/C8H14O7.2C6H12O6/c1-3(10)5(12)7(14)8(15)6(13)4(11)2-9;2*7-1-3(9)5(11)6(12)4(10)2-8/h4,6-9,11,13-15H,2H2,1H3;2*1,3-6,8-12H,2H2. The zero-order chi connectivity index (χ0) is 31.6. The van der Waals surface area contributed by atoms with Crippen molar-refractivity contribution in [3.05, 3.63) is 0 Å². The number of hydrogen-bond donors (Lipinski definition) is 15. The van der Waals surface area contributed by atoms with Gasteiger partial charge >= 0.3 is 0 Å². The van der Waals surface area contributed by atoms with Crippen LogP contribution in [0.4, 0.5) is 0 Å². The lowest BCUT2D eigenvalue weighted by atomic mass is 9.99. The molecule has 0 aromatic heterocycles. The molecule has 19 nitrogen and oxygen atoms in total. The van der Waals surface area contributed by atoms with Gasteiger partial charge in [-0.15, -0.1) is 0 Å². The summed E-state index contributed by atoms with van der Waals surface area (Å²) in [5, 5.41) is 132. The Morgan fingerprint density at radius 1 is 0.513 bits per heavy atom. The second kappa shape index (κ2) is 21.8. The number of Topliss-reactive ketones (excluding diaryl/α,β-unsaturated/α-hetero) is 2. The second-order valence-electron chi connectivity index (χ2n) is 7.81. The average Bonchev–Trinajstić information content (AvgIpc) is 2.95. The largest absolute Gasteiger partial charge is 0.394 e. The molecule has 0 bridgehead atoms. The number of hydrogen-bond acceptors (Lipinski definition) is 19. The van der Waals surface area contributed by atoms with Crippen molar-refractivity contribution in [2.75, 3.05) is 19.8 Å². The number of carbonyl (C=O) groups is 4. The van der Waals surface area contributed by atoms with Gasteiger partial charge in [-0.1, -0.05) is 0 Å². The van der Waals surface area contributed by atoms with Crippen LogP contribution in [-0.4, -0.2) is 194 Å². The molecular formula is C20H38O19. The number of aliphatic hydroxyl groups excluding tert-OH is 15. The molecule has 0 aliphatic rings. The summed E-state index contributed by atoms with van der Waals surface area (Å²) < 4.78 is 0. The molecule has 0 radical (unpaired) electrons. The lowest BCUT2D eigenvalue weighted by Crippen LogP contribution is -2.49. The van der Waals surface area contributed by atoms with Gasteiger partial charge in [-0.2, -0.15) is 0 Å². The van der Waals surface area contributed by atoms with Crippen LogP contribution in [-0.2, 0) is 19.2 Å². The van der Waals surface area contributed by atoms with Crippen LogP contribution in [0.25, 0.3) is 0 Å². The van der Waals surface area contributed by atoms with Gasteiger partial charge in [0.1, 0.15) is 73.2 Å². The fourth-order valence-corrected chi connectivity index (χ4v) is 2.12. The number of rotatable bonds is 16. The van der Waals surface area contributed by atoms with Gasteiger partial charge in [0.2, 0.25) is 5.78 Å². The molecule has 0 aromatic carbocycles. The first-order valence-corrected chi connectivity index (χ1v) is 10.9. The normalized spacial score (nSPS) is 20.3. The van der Waals surface area contributed by atoms with Crippen LogP contribution in [0.3, 0.4) is 0 Å². The Morgan fingerprint density at radius 2 is 0.769 bits per heavy atom. The zero-order valence-electron chi connectivity index (χ0n) is 20.5. The van der Waals surface area contributed by atoms with E-state index in [0.717, 1.165) is 6.92 Å². The van der Waals surface area contributed by atoms with Crippen LogP contribution in [0.15, 0.2) is 0 Å². The molecule has 15 N–H and O–H groups in total. The average molecular weight is 583 g/mol. The Labute approximate surface area is 220 Å².